The molecule has 0 saturated heterocycles. The molecule has 5 heteroatoms. The summed E-state index contributed by atoms with van der Waals surface area (Å²) in [5, 5.41) is 3.93. The van der Waals surface area contributed by atoms with Crippen LogP contribution in [0.2, 0.25) is 0 Å². The average molecular weight is 249 g/mol. The van der Waals surface area contributed by atoms with Crippen molar-refractivity contribution >= 4 is 0 Å². The first-order valence-electron chi connectivity index (χ1n) is 6.22. The molecule has 0 aliphatic carbocycles. The largest absolute Gasteiger partial charge is 0.465 e. The molecule has 2 heterocycles. The lowest BCUT2D eigenvalue weighted by molar-refractivity contribution is 0.242. The van der Waals surface area contributed by atoms with Crippen molar-refractivity contribution in [2.24, 2.45) is 0 Å². The molecule has 0 amide bonds. The molecule has 5 nitrogen and oxygen atoms in total. The van der Waals surface area contributed by atoms with Crippen LogP contribution in [0.15, 0.2) is 21.1 Å². The molecule has 0 unspecified atom stereocenters. The fourth-order valence-electron chi connectivity index (χ4n) is 1.80. The highest BCUT2D eigenvalue weighted by Crippen LogP contribution is 2.10. The van der Waals surface area contributed by atoms with Crippen LogP contribution in [0.3, 0.4) is 0 Å². The standard InChI is InChI=1S/C13H19N3O2/c1-4-5-12-14-13(18-15-12)9-16(3)8-11-7-6-10(2)17-11/h6-7H,4-5,8-9H2,1-3H3. The molecular formula is C13H19N3O2. The minimum atomic E-state index is 0.635. The molecule has 2 aromatic rings. The van der Waals surface area contributed by atoms with Crippen LogP contribution in [0.1, 0.15) is 36.6 Å². The summed E-state index contributed by atoms with van der Waals surface area (Å²) in [7, 11) is 2.00. The van der Waals surface area contributed by atoms with Crippen LogP contribution in [0.25, 0.3) is 0 Å². The second kappa shape index (κ2) is 5.82. The molecule has 0 fully saturated rings. The fraction of sp³-hybridized carbons (Fsp3) is 0.538. The molecule has 0 spiro atoms. The van der Waals surface area contributed by atoms with Gasteiger partial charge in [0.1, 0.15) is 11.5 Å². The molecule has 0 aliphatic rings. The smallest absolute Gasteiger partial charge is 0.240 e. The highest BCUT2D eigenvalue weighted by atomic mass is 16.5. The maximum atomic E-state index is 5.53. The number of hydrogen-bond acceptors (Lipinski definition) is 5. The maximum Gasteiger partial charge on any atom is 0.240 e. The van der Waals surface area contributed by atoms with Gasteiger partial charge in [0, 0.05) is 6.42 Å². The molecule has 0 aromatic carbocycles. The summed E-state index contributed by atoms with van der Waals surface area (Å²) in [5.74, 6) is 3.32. The van der Waals surface area contributed by atoms with Gasteiger partial charge < -0.3 is 8.94 Å². The third-order valence-electron chi connectivity index (χ3n) is 2.61. The summed E-state index contributed by atoms with van der Waals surface area (Å²) < 4.78 is 10.7. The molecular weight excluding hydrogens is 230 g/mol. The Labute approximate surface area is 107 Å². The first-order chi connectivity index (χ1) is 8.67. The van der Waals surface area contributed by atoms with Gasteiger partial charge in [0.05, 0.1) is 13.1 Å². The lowest BCUT2D eigenvalue weighted by Crippen LogP contribution is -2.17. The Bertz CT molecular complexity index is 490. The third kappa shape index (κ3) is 3.43. The lowest BCUT2D eigenvalue weighted by Gasteiger charge is -2.11. The SMILES string of the molecule is CCCc1noc(CN(C)Cc2ccc(C)o2)n1. The molecule has 0 aliphatic heterocycles. The van der Waals surface area contributed by atoms with Crippen molar-refractivity contribution in [1.82, 2.24) is 15.0 Å². The third-order valence-corrected chi connectivity index (χ3v) is 2.61. The molecule has 0 N–H and O–H groups in total. The first-order valence-corrected chi connectivity index (χ1v) is 6.22. The van der Waals surface area contributed by atoms with Crippen LogP contribution < -0.4 is 0 Å². The van der Waals surface area contributed by atoms with Crippen molar-refractivity contribution < 1.29 is 8.94 Å². The van der Waals surface area contributed by atoms with E-state index in [-0.39, 0.29) is 0 Å². The van der Waals surface area contributed by atoms with Crippen LogP contribution in [0, 0.1) is 6.92 Å². The summed E-state index contributed by atoms with van der Waals surface area (Å²) in [6.07, 6.45) is 1.89. The second-order valence-electron chi connectivity index (χ2n) is 4.54. The van der Waals surface area contributed by atoms with E-state index < -0.39 is 0 Å². The van der Waals surface area contributed by atoms with Crippen LogP contribution in [-0.2, 0) is 19.5 Å². The minimum Gasteiger partial charge on any atom is -0.465 e. The van der Waals surface area contributed by atoms with E-state index in [4.69, 9.17) is 8.94 Å². The van der Waals surface area contributed by atoms with Gasteiger partial charge in [-0.2, -0.15) is 4.98 Å². The lowest BCUT2D eigenvalue weighted by atomic mass is 10.3. The number of aromatic nitrogens is 2. The average Bonchev–Trinajstić information content (AvgIpc) is 2.89. The van der Waals surface area contributed by atoms with E-state index >= 15 is 0 Å². The molecule has 0 radical (unpaired) electrons. The predicted molar refractivity (Wildman–Crippen MR) is 66.9 cm³/mol. The van der Waals surface area contributed by atoms with Gasteiger partial charge in [0.15, 0.2) is 5.82 Å². The van der Waals surface area contributed by atoms with Gasteiger partial charge in [0.25, 0.3) is 0 Å². The Morgan fingerprint density at radius 3 is 2.78 bits per heavy atom. The van der Waals surface area contributed by atoms with E-state index in [1.165, 1.54) is 0 Å². The van der Waals surface area contributed by atoms with Crippen LogP contribution in [0.4, 0.5) is 0 Å². The maximum absolute atomic E-state index is 5.53. The van der Waals surface area contributed by atoms with Gasteiger partial charge in [-0.3, -0.25) is 4.90 Å². The van der Waals surface area contributed by atoms with Crippen molar-refractivity contribution in [1.29, 1.82) is 0 Å². The van der Waals surface area contributed by atoms with Crippen molar-refractivity contribution in [3.8, 4) is 0 Å². The summed E-state index contributed by atoms with van der Waals surface area (Å²) >= 11 is 0. The van der Waals surface area contributed by atoms with Gasteiger partial charge >= 0.3 is 0 Å². The van der Waals surface area contributed by atoms with Crippen LogP contribution in [-0.4, -0.2) is 22.1 Å². The Hall–Kier alpha value is -1.62. The second-order valence-corrected chi connectivity index (χ2v) is 4.54. The zero-order valence-electron chi connectivity index (χ0n) is 11.1. The Kier molecular flexibility index (Phi) is 4.15. The van der Waals surface area contributed by atoms with Gasteiger partial charge in [0.2, 0.25) is 5.89 Å². The molecule has 2 aromatic heterocycles. The number of nitrogens with zero attached hydrogens (tertiary/aromatic N) is 3. The zero-order chi connectivity index (χ0) is 13.0. The molecule has 0 saturated carbocycles. The van der Waals surface area contributed by atoms with Gasteiger partial charge in [-0.15, -0.1) is 0 Å². The topological polar surface area (TPSA) is 55.3 Å². The monoisotopic (exact) mass is 249 g/mol. The minimum absolute atomic E-state index is 0.635. The van der Waals surface area contributed by atoms with Gasteiger partial charge in [-0.25, -0.2) is 0 Å². The highest BCUT2D eigenvalue weighted by molar-refractivity contribution is 5.05. The van der Waals surface area contributed by atoms with Crippen LogP contribution in [0.5, 0.6) is 0 Å². The zero-order valence-corrected chi connectivity index (χ0v) is 11.1. The van der Waals surface area contributed by atoms with E-state index in [2.05, 4.69) is 22.0 Å². The van der Waals surface area contributed by atoms with E-state index in [0.29, 0.717) is 12.4 Å². The molecule has 2 rings (SSSR count). The number of furan rings is 1. The molecule has 18 heavy (non-hydrogen) atoms. The van der Waals surface area contributed by atoms with Crippen molar-refractivity contribution in [2.45, 2.75) is 39.8 Å². The summed E-state index contributed by atoms with van der Waals surface area (Å²) in [4.78, 5) is 6.42. The Balaban J connectivity index is 1.88. The van der Waals surface area contributed by atoms with E-state index in [1.54, 1.807) is 0 Å². The van der Waals surface area contributed by atoms with Crippen LogP contribution >= 0.6 is 0 Å². The van der Waals surface area contributed by atoms with E-state index in [1.807, 2.05) is 26.1 Å². The Morgan fingerprint density at radius 1 is 1.28 bits per heavy atom. The fourth-order valence-corrected chi connectivity index (χ4v) is 1.80. The highest BCUT2D eigenvalue weighted by Gasteiger charge is 2.10. The normalized spacial score (nSPS) is 11.3. The van der Waals surface area contributed by atoms with Crippen molar-refractivity contribution in [3.63, 3.8) is 0 Å². The van der Waals surface area contributed by atoms with E-state index in [9.17, 15) is 0 Å². The van der Waals surface area contributed by atoms with Gasteiger partial charge in [-0.05, 0) is 32.5 Å². The summed E-state index contributed by atoms with van der Waals surface area (Å²) in [6.45, 7) is 5.41. The number of aryl methyl sites for hydroxylation is 2. The van der Waals surface area contributed by atoms with Crippen molar-refractivity contribution in [2.75, 3.05) is 7.05 Å². The Morgan fingerprint density at radius 2 is 2.11 bits per heavy atom. The van der Waals surface area contributed by atoms with E-state index in [0.717, 1.165) is 36.7 Å². The van der Waals surface area contributed by atoms with Crippen molar-refractivity contribution in [3.05, 3.63) is 35.4 Å². The first kappa shape index (κ1) is 12.8. The number of rotatable bonds is 6. The molecule has 0 atom stereocenters. The summed E-state index contributed by atoms with van der Waals surface area (Å²) in [6, 6.07) is 3.96. The quantitative estimate of drug-likeness (QED) is 0.787. The molecule has 98 valence electrons. The number of hydrogen-bond donors (Lipinski definition) is 0. The van der Waals surface area contributed by atoms with Gasteiger partial charge in [-0.1, -0.05) is 12.1 Å². The summed E-state index contributed by atoms with van der Waals surface area (Å²) in [5.41, 5.74) is 0. The molecule has 0 bridgehead atoms. The predicted octanol–water partition coefficient (Wildman–Crippen LogP) is 2.56.